The van der Waals surface area contributed by atoms with Crippen molar-refractivity contribution >= 4 is 6.08 Å². The van der Waals surface area contributed by atoms with Crippen LogP contribution in [0, 0.1) is 12.7 Å². The zero-order chi connectivity index (χ0) is 8.43. The summed E-state index contributed by atoms with van der Waals surface area (Å²) in [6.45, 7) is 5.18. The zero-order valence-electron chi connectivity index (χ0n) is 6.26. The van der Waals surface area contributed by atoms with Gasteiger partial charge in [0, 0.05) is 11.6 Å². The molecule has 1 rings (SSSR count). The van der Waals surface area contributed by atoms with Crippen LogP contribution in [0.5, 0.6) is 5.75 Å². The van der Waals surface area contributed by atoms with Gasteiger partial charge in [-0.05, 0) is 18.6 Å². The zero-order valence-corrected chi connectivity index (χ0v) is 6.26. The first kappa shape index (κ1) is 7.79. The second kappa shape index (κ2) is 2.74. The fourth-order valence-corrected chi connectivity index (χ4v) is 0.996. The van der Waals surface area contributed by atoms with Crippen molar-refractivity contribution in [3.05, 3.63) is 35.7 Å². The first-order chi connectivity index (χ1) is 5.15. The average molecular weight is 152 g/mol. The van der Waals surface area contributed by atoms with Crippen LogP contribution in [0.3, 0.4) is 0 Å². The van der Waals surface area contributed by atoms with E-state index in [4.69, 9.17) is 5.11 Å². The lowest BCUT2D eigenvalue weighted by molar-refractivity contribution is 0.468. The lowest BCUT2D eigenvalue weighted by atomic mass is 10.1. The van der Waals surface area contributed by atoms with Crippen LogP contribution in [-0.2, 0) is 0 Å². The predicted molar refractivity (Wildman–Crippen MR) is 42.9 cm³/mol. The molecule has 0 atom stereocenters. The summed E-state index contributed by atoms with van der Waals surface area (Å²) < 4.78 is 12.9. The highest BCUT2D eigenvalue weighted by atomic mass is 19.1. The molecule has 0 spiro atoms. The van der Waals surface area contributed by atoms with E-state index < -0.39 is 5.82 Å². The van der Waals surface area contributed by atoms with E-state index in [1.807, 2.05) is 0 Å². The highest BCUT2D eigenvalue weighted by molar-refractivity contribution is 5.54. The molecule has 0 aliphatic heterocycles. The summed E-state index contributed by atoms with van der Waals surface area (Å²) in [6.07, 6.45) is 1.43. The normalized spacial score (nSPS) is 9.64. The van der Waals surface area contributed by atoms with Gasteiger partial charge in [0.1, 0.15) is 11.6 Å². The van der Waals surface area contributed by atoms with Crippen molar-refractivity contribution in [2.24, 2.45) is 0 Å². The molecule has 1 aromatic carbocycles. The van der Waals surface area contributed by atoms with E-state index in [1.54, 1.807) is 6.92 Å². The van der Waals surface area contributed by atoms with Crippen LogP contribution >= 0.6 is 0 Å². The van der Waals surface area contributed by atoms with Gasteiger partial charge in [-0.1, -0.05) is 12.7 Å². The molecule has 1 N–H and O–H groups in total. The van der Waals surface area contributed by atoms with Gasteiger partial charge in [-0.3, -0.25) is 0 Å². The number of phenolic OH excluding ortho intramolecular Hbond substituents is 1. The van der Waals surface area contributed by atoms with E-state index in [1.165, 1.54) is 12.1 Å². The minimum absolute atomic E-state index is 0.0504. The first-order valence-electron chi connectivity index (χ1n) is 3.26. The van der Waals surface area contributed by atoms with Crippen LogP contribution in [-0.4, -0.2) is 5.11 Å². The molecule has 0 aliphatic carbocycles. The fraction of sp³-hybridized carbons (Fsp3) is 0.111. The van der Waals surface area contributed by atoms with Gasteiger partial charge in [0.2, 0.25) is 0 Å². The monoisotopic (exact) mass is 152 g/mol. The molecule has 0 saturated heterocycles. The number of halogens is 1. The molecule has 1 nitrogen and oxygen atoms in total. The predicted octanol–water partition coefficient (Wildman–Crippen LogP) is 2.48. The lowest BCUT2D eigenvalue weighted by Gasteiger charge is -2.01. The summed E-state index contributed by atoms with van der Waals surface area (Å²) in [7, 11) is 0. The lowest BCUT2D eigenvalue weighted by Crippen LogP contribution is -1.85. The van der Waals surface area contributed by atoms with Gasteiger partial charge >= 0.3 is 0 Å². The molecular weight excluding hydrogens is 143 g/mol. The molecule has 0 heterocycles. The second-order valence-electron chi connectivity index (χ2n) is 2.36. The maximum atomic E-state index is 12.9. The summed E-state index contributed by atoms with van der Waals surface area (Å²) >= 11 is 0. The summed E-state index contributed by atoms with van der Waals surface area (Å²) in [5.41, 5.74) is 1.14. The van der Waals surface area contributed by atoms with E-state index in [2.05, 4.69) is 6.58 Å². The number of phenols is 1. The van der Waals surface area contributed by atoms with Crippen molar-refractivity contribution in [3.8, 4) is 5.75 Å². The third-order valence-corrected chi connectivity index (χ3v) is 1.53. The summed E-state index contributed by atoms with van der Waals surface area (Å²) in [5.74, 6) is -0.483. The Morgan fingerprint density at radius 2 is 2.18 bits per heavy atom. The van der Waals surface area contributed by atoms with E-state index >= 15 is 0 Å². The van der Waals surface area contributed by atoms with Crippen molar-refractivity contribution in [1.82, 2.24) is 0 Å². The topological polar surface area (TPSA) is 20.2 Å². The smallest absolute Gasteiger partial charge is 0.134 e. The third-order valence-electron chi connectivity index (χ3n) is 1.53. The van der Waals surface area contributed by atoms with Crippen LogP contribution in [0.4, 0.5) is 4.39 Å². The molecule has 1 aromatic rings. The molecule has 0 unspecified atom stereocenters. The Bertz CT molecular complexity index is 269. The SMILES string of the molecule is C=Cc1c(C)cc(O)cc1F. The van der Waals surface area contributed by atoms with Gasteiger partial charge in [0.15, 0.2) is 0 Å². The number of benzene rings is 1. The summed E-state index contributed by atoms with van der Waals surface area (Å²) in [5, 5.41) is 8.94. The van der Waals surface area contributed by atoms with Crippen LogP contribution in [0.15, 0.2) is 18.7 Å². The Kier molecular flexibility index (Phi) is 1.94. The van der Waals surface area contributed by atoms with Gasteiger partial charge in [0.05, 0.1) is 0 Å². The Balaban J connectivity index is 3.36. The van der Waals surface area contributed by atoms with Crippen LogP contribution in [0.1, 0.15) is 11.1 Å². The van der Waals surface area contributed by atoms with Gasteiger partial charge in [0.25, 0.3) is 0 Å². The fourth-order valence-electron chi connectivity index (χ4n) is 0.996. The van der Waals surface area contributed by atoms with E-state index in [0.717, 1.165) is 6.07 Å². The third kappa shape index (κ3) is 1.40. The Hall–Kier alpha value is -1.31. The van der Waals surface area contributed by atoms with Crippen LogP contribution in [0.2, 0.25) is 0 Å². The maximum absolute atomic E-state index is 12.9. The van der Waals surface area contributed by atoms with Crippen molar-refractivity contribution in [2.75, 3.05) is 0 Å². The molecule has 0 saturated carbocycles. The van der Waals surface area contributed by atoms with Crippen molar-refractivity contribution in [1.29, 1.82) is 0 Å². The van der Waals surface area contributed by atoms with Crippen molar-refractivity contribution in [2.45, 2.75) is 6.92 Å². The van der Waals surface area contributed by atoms with E-state index in [0.29, 0.717) is 11.1 Å². The Morgan fingerprint density at radius 3 is 2.64 bits per heavy atom. The summed E-state index contributed by atoms with van der Waals surface area (Å²) in [6, 6.07) is 2.57. The molecule has 11 heavy (non-hydrogen) atoms. The quantitative estimate of drug-likeness (QED) is 0.655. The van der Waals surface area contributed by atoms with E-state index in [9.17, 15) is 4.39 Å². The van der Waals surface area contributed by atoms with Crippen LogP contribution in [0.25, 0.3) is 6.08 Å². The van der Waals surface area contributed by atoms with Gasteiger partial charge in [-0.2, -0.15) is 0 Å². The Morgan fingerprint density at radius 1 is 1.55 bits per heavy atom. The molecule has 0 aliphatic rings. The molecular formula is C9H9FO. The number of rotatable bonds is 1. The number of aryl methyl sites for hydroxylation is 1. The highest BCUT2D eigenvalue weighted by Gasteiger charge is 2.03. The molecule has 0 fully saturated rings. The second-order valence-corrected chi connectivity index (χ2v) is 2.36. The number of hydrogen-bond donors (Lipinski definition) is 1. The number of aromatic hydroxyl groups is 1. The largest absolute Gasteiger partial charge is 0.508 e. The molecule has 2 heteroatoms. The molecule has 0 amide bonds. The number of hydrogen-bond acceptors (Lipinski definition) is 1. The van der Waals surface area contributed by atoms with Crippen LogP contribution < -0.4 is 0 Å². The van der Waals surface area contributed by atoms with Crippen molar-refractivity contribution in [3.63, 3.8) is 0 Å². The van der Waals surface area contributed by atoms with Gasteiger partial charge in [-0.15, -0.1) is 0 Å². The minimum Gasteiger partial charge on any atom is -0.508 e. The molecule has 0 radical (unpaired) electrons. The highest BCUT2D eigenvalue weighted by Crippen LogP contribution is 2.20. The van der Waals surface area contributed by atoms with Gasteiger partial charge < -0.3 is 5.11 Å². The summed E-state index contributed by atoms with van der Waals surface area (Å²) in [4.78, 5) is 0. The van der Waals surface area contributed by atoms with Gasteiger partial charge in [-0.25, -0.2) is 4.39 Å². The standard InChI is InChI=1S/C9H9FO/c1-3-8-6(2)4-7(11)5-9(8)10/h3-5,11H,1H2,2H3. The maximum Gasteiger partial charge on any atom is 0.134 e. The van der Waals surface area contributed by atoms with E-state index in [-0.39, 0.29) is 5.75 Å². The molecule has 0 aromatic heterocycles. The molecule has 0 bridgehead atoms. The Labute approximate surface area is 64.8 Å². The first-order valence-corrected chi connectivity index (χ1v) is 3.26. The van der Waals surface area contributed by atoms with Crippen molar-refractivity contribution < 1.29 is 9.50 Å². The molecule has 58 valence electrons. The minimum atomic E-state index is -0.433. The average Bonchev–Trinajstić information content (AvgIpc) is 1.85.